The molecule has 0 aliphatic heterocycles. The molecule has 5 aromatic rings. The molecule has 0 radical (unpaired) electrons. The molecule has 1 aliphatic carbocycles. The van der Waals surface area contributed by atoms with E-state index >= 15 is 0 Å². The fourth-order valence-electron chi connectivity index (χ4n) is 4.54. The quantitative estimate of drug-likeness (QED) is 0.415. The Morgan fingerprint density at radius 2 is 2.09 bits per heavy atom. The minimum Gasteiger partial charge on any atom is -0.374 e. The lowest BCUT2D eigenvalue weighted by atomic mass is 10.00. The number of fused-ring (bicyclic) bond motifs is 2. The number of aromatic nitrogens is 6. The Morgan fingerprint density at radius 1 is 1.24 bits per heavy atom. The topological polar surface area (TPSA) is 82.0 Å². The average Bonchev–Trinajstić information content (AvgIpc) is 3.34. The van der Waals surface area contributed by atoms with E-state index in [1.54, 1.807) is 33.9 Å². The molecule has 1 saturated carbocycles. The van der Waals surface area contributed by atoms with Crippen LogP contribution in [0.15, 0.2) is 59.9 Å². The van der Waals surface area contributed by atoms with Crippen molar-refractivity contribution in [1.29, 1.82) is 0 Å². The van der Waals surface area contributed by atoms with Gasteiger partial charge >= 0.3 is 0 Å². The summed E-state index contributed by atoms with van der Waals surface area (Å²) in [7, 11) is 1.88. The molecule has 166 valence electrons. The molecule has 33 heavy (non-hydrogen) atoms. The first-order valence-electron chi connectivity index (χ1n) is 10.9. The Balaban J connectivity index is 1.51. The Labute approximate surface area is 194 Å². The molecule has 4 heterocycles. The van der Waals surface area contributed by atoms with Gasteiger partial charge in [-0.05, 0) is 36.8 Å². The Bertz CT molecular complexity index is 1580. The van der Waals surface area contributed by atoms with E-state index in [0.717, 1.165) is 46.1 Å². The summed E-state index contributed by atoms with van der Waals surface area (Å²) in [5, 5.41) is 14.1. The van der Waals surface area contributed by atoms with Crippen LogP contribution in [0.5, 0.6) is 0 Å². The van der Waals surface area contributed by atoms with Crippen LogP contribution in [-0.4, -0.2) is 28.9 Å². The molecule has 1 aromatic carbocycles. The number of pyridine rings is 1. The van der Waals surface area contributed by atoms with Crippen molar-refractivity contribution in [2.75, 3.05) is 5.32 Å². The van der Waals surface area contributed by atoms with Gasteiger partial charge in [0.05, 0.1) is 23.3 Å². The fraction of sp³-hybridized carbons (Fsp3) is 0.250. The van der Waals surface area contributed by atoms with E-state index < -0.39 is 0 Å². The summed E-state index contributed by atoms with van der Waals surface area (Å²) in [6.45, 7) is 2.05. The highest BCUT2D eigenvalue weighted by Crippen LogP contribution is 2.38. The largest absolute Gasteiger partial charge is 0.374 e. The summed E-state index contributed by atoms with van der Waals surface area (Å²) < 4.78 is 5.36. The van der Waals surface area contributed by atoms with Gasteiger partial charge in [0.2, 0.25) is 0 Å². The number of nitrogens with one attached hydrogen (secondary N) is 1. The molecule has 1 N–H and O–H groups in total. The van der Waals surface area contributed by atoms with Crippen LogP contribution in [0, 0.1) is 0 Å². The first-order valence-corrected chi connectivity index (χ1v) is 11.3. The molecule has 1 atom stereocenters. The van der Waals surface area contributed by atoms with Gasteiger partial charge in [0.1, 0.15) is 0 Å². The van der Waals surface area contributed by atoms with Crippen LogP contribution in [0.3, 0.4) is 0 Å². The minimum atomic E-state index is -0.149. The van der Waals surface area contributed by atoms with Crippen molar-refractivity contribution in [3.63, 3.8) is 0 Å². The molecule has 0 amide bonds. The maximum absolute atomic E-state index is 13.9. The summed E-state index contributed by atoms with van der Waals surface area (Å²) in [5.74, 6) is 0. The molecule has 1 unspecified atom stereocenters. The van der Waals surface area contributed by atoms with E-state index in [-0.39, 0.29) is 17.6 Å². The Morgan fingerprint density at radius 3 is 2.85 bits per heavy atom. The third kappa shape index (κ3) is 3.38. The Kier molecular flexibility index (Phi) is 4.51. The summed E-state index contributed by atoms with van der Waals surface area (Å²) in [4.78, 5) is 18.3. The van der Waals surface area contributed by atoms with Crippen molar-refractivity contribution in [3.05, 3.63) is 76.3 Å². The maximum Gasteiger partial charge on any atom is 0.259 e. The second-order valence-corrected chi connectivity index (χ2v) is 8.98. The second kappa shape index (κ2) is 7.45. The molecule has 0 saturated heterocycles. The molecule has 9 heteroatoms. The van der Waals surface area contributed by atoms with Crippen LogP contribution >= 0.6 is 11.6 Å². The van der Waals surface area contributed by atoms with Gasteiger partial charge in [0.25, 0.3) is 5.56 Å². The Hall–Kier alpha value is -3.65. The van der Waals surface area contributed by atoms with Gasteiger partial charge < -0.3 is 9.88 Å². The highest BCUT2D eigenvalue weighted by atomic mass is 35.5. The fourth-order valence-corrected chi connectivity index (χ4v) is 4.73. The predicted molar refractivity (Wildman–Crippen MR) is 129 cm³/mol. The van der Waals surface area contributed by atoms with E-state index in [1.807, 2.05) is 36.0 Å². The highest BCUT2D eigenvalue weighted by molar-refractivity contribution is 6.29. The van der Waals surface area contributed by atoms with Crippen molar-refractivity contribution < 1.29 is 0 Å². The molecule has 1 fully saturated rings. The van der Waals surface area contributed by atoms with Gasteiger partial charge in [0.15, 0.2) is 10.8 Å². The molecule has 8 nitrogen and oxygen atoms in total. The van der Waals surface area contributed by atoms with Crippen molar-refractivity contribution in [2.24, 2.45) is 7.05 Å². The van der Waals surface area contributed by atoms with Crippen LogP contribution in [0.2, 0.25) is 5.15 Å². The minimum absolute atomic E-state index is 0.0387. The molecule has 6 rings (SSSR count). The molecular weight excluding hydrogens is 438 g/mol. The predicted octanol–water partition coefficient (Wildman–Crippen LogP) is 4.61. The SMILES string of the molecule is CC(Nc1cc(Cl)nn2ccnc12)c1cc2cccc(-c3cnn(C)c3)c2c(=O)n1C1CC1. The molecule has 0 spiro atoms. The number of hydrogen-bond acceptors (Lipinski definition) is 5. The third-order valence-corrected chi connectivity index (χ3v) is 6.37. The van der Waals surface area contributed by atoms with E-state index in [9.17, 15) is 4.79 Å². The van der Waals surface area contributed by atoms with Crippen LogP contribution in [0.4, 0.5) is 5.69 Å². The van der Waals surface area contributed by atoms with Crippen LogP contribution in [0.1, 0.15) is 37.5 Å². The number of anilines is 1. The monoisotopic (exact) mass is 459 g/mol. The zero-order valence-corrected chi connectivity index (χ0v) is 19.0. The van der Waals surface area contributed by atoms with Gasteiger partial charge in [-0.2, -0.15) is 10.2 Å². The van der Waals surface area contributed by atoms with Crippen molar-refractivity contribution in [3.8, 4) is 11.1 Å². The van der Waals surface area contributed by atoms with Gasteiger partial charge in [-0.25, -0.2) is 9.50 Å². The van der Waals surface area contributed by atoms with Crippen molar-refractivity contribution in [2.45, 2.75) is 31.8 Å². The van der Waals surface area contributed by atoms with Crippen molar-refractivity contribution >= 4 is 33.7 Å². The van der Waals surface area contributed by atoms with Crippen molar-refractivity contribution in [1.82, 2.24) is 28.9 Å². The number of halogens is 1. The van der Waals surface area contributed by atoms with Crippen LogP contribution < -0.4 is 10.9 Å². The van der Waals surface area contributed by atoms with Gasteiger partial charge in [-0.1, -0.05) is 29.8 Å². The maximum atomic E-state index is 13.9. The number of aryl methyl sites for hydroxylation is 1. The lowest BCUT2D eigenvalue weighted by molar-refractivity contribution is 0.637. The summed E-state index contributed by atoms with van der Waals surface area (Å²) in [6.07, 6.45) is 9.20. The molecule has 1 aliphatic rings. The third-order valence-electron chi connectivity index (χ3n) is 6.18. The van der Waals surface area contributed by atoms with E-state index in [4.69, 9.17) is 11.6 Å². The van der Waals surface area contributed by atoms with E-state index in [1.165, 1.54) is 0 Å². The number of benzene rings is 1. The first-order chi connectivity index (χ1) is 16.0. The van der Waals surface area contributed by atoms with E-state index in [2.05, 4.69) is 33.5 Å². The second-order valence-electron chi connectivity index (χ2n) is 8.59. The van der Waals surface area contributed by atoms with E-state index in [0.29, 0.717) is 10.8 Å². The van der Waals surface area contributed by atoms with Crippen LogP contribution in [-0.2, 0) is 7.05 Å². The number of hydrogen-bond donors (Lipinski definition) is 1. The summed E-state index contributed by atoms with van der Waals surface area (Å²) in [5.41, 5.74) is 4.28. The van der Waals surface area contributed by atoms with Crippen LogP contribution in [0.25, 0.3) is 27.5 Å². The highest BCUT2D eigenvalue weighted by Gasteiger charge is 2.30. The number of imidazole rings is 1. The van der Waals surface area contributed by atoms with Gasteiger partial charge in [0, 0.05) is 49.0 Å². The lowest BCUT2D eigenvalue weighted by Gasteiger charge is -2.22. The normalized spacial score (nSPS) is 14.8. The average molecular weight is 460 g/mol. The zero-order valence-electron chi connectivity index (χ0n) is 18.2. The summed E-state index contributed by atoms with van der Waals surface area (Å²) in [6, 6.07) is 9.94. The number of nitrogens with zero attached hydrogens (tertiary/aromatic N) is 6. The smallest absolute Gasteiger partial charge is 0.259 e. The van der Waals surface area contributed by atoms with Gasteiger partial charge in [-0.3, -0.25) is 9.48 Å². The standard InChI is InChI=1S/C24H22ClN7O/c1-14(28-19-11-21(25)29-31-9-8-26-23(19)31)20-10-15-4-3-5-18(16-12-27-30(2)13-16)22(15)24(33)32(20)17-6-7-17/h3-5,8-14,17,28H,6-7H2,1-2H3. The summed E-state index contributed by atoms with van der Waals surface area (Å²) >= 11 is 6.22. The number of rotatable bonds is 5. The lowest BCUT2D eigenvalue weighted by Crippen LogP contribution is -2.26. The van der Waals surface area contributed by atoms with Gasteiger partial charge in [-0.15, -0.1) is 0 Å². The molecular formula is C24H22ClN7O. The molecule has 0 bridgehead atoms. The molecule has 4 aromatic heterocycles. The zero-order chi connectivity index (χ0) is 22.7. The first kappa shape index (κ1) is 20.0.